The number of aryl methyl sites for hydroxylation is 3. The van der Waals surface area contributed by atoms with Crippen molar-refractivity contribution in [1.82, 2.24) is 20.3 Å². The molecule has 0 fully saturated rings. The van der Waals surface area contributed by atoms with Crippen molar-refractivity contribution in [2.75, 3.05) is 18.4 Å². The molecule has 0 saturated carbocycles. The molecule has 2 aromatic heterocycles. The van der Waals surface area contributed by atoms with E-state index in [-0.39, 0.29) is 5.91 Å². The molecule has 0 unspecified atom stereocenters. The molecule has 7 nitrogen and oxygen atoms in total. The Hall–Kier alpha value is -2.44. The molecule has 0 aliphatic heterocycles. The summed E-state index contributed by atoms with van der Waals surface area (Å²) in [5.74, 6) is 1.93. The van der Waals surface area contributed by atoms with Gasteiger partial charge in [-0.15, -0.1) is 0 Å². The first-order chi connectivity index (χ1) is 11.1. The summed E-state index contributed by atoms with van der Waals surface area (Å²) in [4.78, 5) is 24.7. The highest BCUT2D eigenvalue weighted by Crippen LogP contribution is 2.08. The van der Waals surface area contributed by atoms with Crippen molar-refractivity contribution in [3.05, 3.63) is 35.4 Å². The number of nitrogens with one attached hydrogen (secondary N) is 2. The van der Waals surface area contributed by atoms with Crippen molar-refractivity contribution in [2.24, 2.45) is 0 Å². The number of oxazole rings is 1. The van der Waals surface area contributed by atoms with Crippen LogP contribution in [0.3, 0.4) is 0 Å². The Morgan fingerprint density at radius 3 is 2.78 bits per heavy atom. The van der Waals surface area contributed by atoms with Crippen LogP contribution in [0.15, 0.2) is 16.9 Å². The van der Waals surface area contributed by atoms with Crippen molar-refractivity contribution in [3.8, 4) is 0 Å². The van der Waals surface area contributed by atoms with Gasteiger partial charge in [0.05, 0.1) is 0 Å². The highest BCUT2D eigenvalue weighted by Gasteiger charge is 2.12. The zero-order valence-corrected chi connectivity index (χ0v) is 13.8. The van der Waals surface area contributed by atoms with Crippen LogP contribution in [-0.2, 0) is 6.42 Å². The maximum atomic E-state index is 11.9. The smallest absolute Gasteiger partial charge is 0.273 e. The van der Waals surface area contributed by atoms with Crippen LogP contribution in [0.5, 0.6) is 0 Å². The molecule has 0 aromatic carbocycles. The zero-order valence-electron chi connectivity index (χ0n) is 13.8. The SMILES string of the molecule is CCCCc1nc(C)cc(NCCNC(=O)c2ncoc2C)n1. The summed E-state index contributed by atoms with van der Waals surface area (Å²) < 4.78 is 5.02. The van der Waals surface area contributed by atoms with E-state index in [9.17, 15) is 4.79 Å². The van der Waals surface area contributed by atoms with E-state index in [1.165, 1.54) is 6.39 Å². The molecular weight excluding hydrogens is 294 g/mol. The lowest BCUT2D eigenvalue weighted by atomic mass is 10.2. The third-order valence-corrected chi connectivity index (χ3v) is 3.33. The first-order valence-corrected chi connectivity index (χ1v) is 7.87. The van der Waals surface area contributed by atoms with Gasteiger partial charge in [0.2, 0.25) is 0 Å². The topological polar surface area (TPSA) is 92.9 Å². The summed E-state index contributed by atoms with van der Waals surface area (Å²) in [5, 5.41) is 6.00. The summed E-state index contributed by atoms with van der Waals surface area (Å²) in [5.41, 5.74) is 1.26. The minimum absolute atomic E-state index is 0.236. The van der Waals surface area contributed by atoms with Crippen molar-refractivity contribution < 1.29 is 9.21 Å². The summed E-state index contributed by atoms with van der Waals surface area (Å²) in [6.45, 7) is 6.86. The Balaban J connectivity index is 1.81. The monoisotopic (exact) mass is 317 g/mol. The predicted octanol–water partition coefficient (Wildman–Crippen LogP) is 2.27. The van der Waals surface area contributed by atoms with E-state index in [0.29, 0.717) is 24.5 Å². The number of carbonyl (C=O) groups excluding carboxylic acids is 1. The predicted molar refractivity (Wildman–Crippen MR) is 87.4 cm³/mol. The zero-order chi connectivity index (χ0) is 16.7. The van der Waals surface area contributed by atoms with Gasteiger partial charge in [-0.3, -0.25) is 4.79 Å². The van der Waals surface area contributed by atoms with Crippen molar-refractivity contribution in [2.45, 2.75) is 40.0 Å². The third-order valence-electron chi connectivity index (χ3n) is 3.33. The second-order valence-electron chi connectivity index (χ2n) is 5.35. The molecule has 0 radical (unpaired) electrons. The fraction of sp³-hybridized carbons (Fsp3) is 0.500. The van der Waals surface area contributed by atoms with Crippen LogP contribution in [0.1, 0.15) is 47.5 Å². The summed E-state index contributed by atoms with van der Waals surface area (Å²) in [6.07, 6.45) is 4.35. The molecule has 2 N–H and O–H groups in total. The van der Waals surface area contributed by atoms with Crippen molar-refractivity contribution in [1.29, 1.82) is 0 Å². The molecule has 2 aromatic rings. The third kappa shape index (κ3) is 5.05. The fourth-order valence-corrected chi connectivity index (χ4v) is 2.14. The lowest BCUT2D eigenvalue weighted by molar-refractivity contribution is 0.0949. The molecule has 23 heavy (non-hydrogen) atoms. The summed E-state index contributed by atoms with van der Waals surface area (Å²) in [6, 6.07) is 1.90. The van der Waals surface area contributed by atoms with Crippen LogP contribution in [-0.4, -0.2) is 33.9 Å². The Morgan fingerprint density at radius 1 is 1.26 bits per heavy atom. The van der Waals surface area contributed by atoms with E-state index in [4.69, 9.17) is 4.42 Å². The van der Waals surface area contributed by atoms with E-state index in [1.807, 2.05) is 13.0 Å². The first-order valence-electron chi connectivity index (χ1n) is 7.87. The maximum absolute atomic E-state index is 11.9. The Bertz CT molecular complexity index is 654. The van der Waals surface area contributed by atoms with Crippen LogP contribution in [0, 0.1) is 13.8 Å². The first kappa shape index (κ1) is 16.9. The number of unbranched alkanes of at least 4 members (excludes halogenated alkanes) is 1. The molecule has 2 heterocycles. The molecule has 0 saturated heterocycles. The molecule has 0 aliphatic rings. The number of carbonyl (C=O) groups is 1. The summed E-state index contributed by atoms with van der Waals surface area (Å²) in [7, 11) is 0. The molecule has 0 aliphatic carbocycles. The molecule has 0 atom stereocenters. The van der Waals surface area contributed by atoms with Crippen LogP contribution in [0.2, 0.25) is 0 Å². The standard InChI is InChI=1S/C16H23N5O2/c1-4-5-6-13-20-11(2)9-14(21-13)17-7-8-18-16(22)15-12(3)23-10-19-15/h9-10H,4-8H2,1-3H3,(H,18,22)(H,17,20,21). The number of rotatable bonds is 8. The number of hydrogen-bond acceptors (Lipinski definition) is 6. The Morgan fingerprint density at radius 2 is 2.09 bits per heavy atom. The van der Waals surface area contributed by atoms with Gasteiger partial charge in [-0.2, -0.15) is 0 Å². The summed E-state index contributed by atoms with van der Waals surface area (Å²) >= 11 is 0. The van der Waals surface area contributed by atoms with E-state index >= 15 is 0 Å². The van der Waals surface area contributed by atoms with Crippen LogP contribution in [0.4, 0.5) is 5.82 Å². The molecule has 2 rings (SSSR count). The van der Waals surface area contributed by atoms with Gasteiger partial charge in [0, 0.05) is 31.3 Å². The van der Waals surface area contributed by atoms with E-state index < -0.39 is 0 Å². The molecule has 7 heteroatoms. The minimum atomic E-state index is -0.236. The van der Waals surface area contributed by atoms with Gasteiger partial charge in [-0.25, -0.2) is 15.0 Å². The largest absolute Gasteiger partial charge is 0.448 e. The van der Waals surface area contributed by atoms with Gasteiger partial charge >= 0.3 is 0 Å². The number of anilines is 1. The quantitative estimate of drug-likeness (QED) is 0.726. The second-order valence-corrected chi connectivity index (χ2v) is 5.35. The lowest BCUT2D eigenvalue weighted by Gasteiger charge is -2.09. The van der Waals surface area contributed by atoms with Crippen LogP contribution in [0.25, 0.3) is 0 Å². The number of hydrogen-bond donors (Lipinski definition) is 2. The minimum Gasteiger partial charge on any atom is -0.448 e. The highest BCUT2D eigenvalue weighted by atomic mass is 16.3. The normalized spacial score (nSPS) is 10.6. The fourth-order valence-electron chi connectivity index (χ4n) is 2.14. The highest BCUT2D eigenvalue weighted by molar-refractivity contribution is 5.93. The molecule has 0 spiro atoms. The second kappa shape index (κ2) is 8.26. The van der Waals surface area contributed by atoms with Gasteiger partial charge in [0.1, 0.15) is 17.4 Å². The Kier molecular flexibility index (Phi) is 6.08. The molecular formula is C16H23N5O2. The van der Waals surface area contributed by atoms with Gasteiger partial charge in [0.15, 0.2) is 12.1 Å². The van der Waals surface area contributed by atoms with Crippen molar-refractivity contribution in [3.63, 3.8) is 0 Å². The Labute approximate surface area is 135 Å². The van der Waals surface area contributed by atoms with E-state index in [0.717, 1.165) is 36.6 Å². The molecule has 1 amide bonds. The number of aromatic nitrogens is 3. The molecule has 0 bridgehead atoms. The van der Waals surface area contributed by atoms with Gasteiger partial charge in [-0.05, 0) is 20.3 Å². The average molecular weight is 317 g/mol. The van der Waals surface area contributed by atoms with E-state index in [1.54, 1.807) is 6.92 Å². The van der Waals surface area contributed by atoms with Gasteiger partial charge < -0.3 is 15.1 Å². The van der Waals surface area contributed by atoms with Crippen LogP contribution < -0.4 is 10.6 Å². The van der Waals surface area contributed by atoms with Crippen LogP contribution >= 0.6 is 0 Å². The average Bonchev–Trinajstić information content (AvgIpc) is 2.95. The lowest BCUT2D eigenvalue weighted by Crippen LogP contribution is -2.29. The van der Waals surface area contributed by atoms with Gasteiger partial charge in [0.25, 0.3) is 5.91 Å². The maximum Gasteiger partial charge on any atom is 0.273 e. The number of nitrogens with zero attached hydrogens (tertiary/aromatic N) is 3. The van der Waals surface area contributed by atoms with Crippen molar-refractivity contribution >= 4 is 11.7 Å². The number of amides is 1. The molecule has 124 valence electrons. The van der Waals surface area contributed by atoms with E-state index in [2.05, 4.69) is 32.5 Å². The van der Waals surface area contributed by atoms with Gasteiger partial charge in [-0.1, -0.05) is 13.3 Å².